The molecule has 14 heavy (non-hydrogen) atoms. The van der Waals surface area contributed by atoms with E-state index in [9.17, 15) is 5.11 Å². The highest BCUT2D eigenvalue weighted by Gasteiger charge is 2.37. The molecule has 0 aromatic rings. The van der Waals surface area contributed by atoms with E-state index in [1.807, 2.05) is 0 Å². The van der Waals surface area contributed by atoms with Crippen molar-refractivity contribution in [2.45, 2.75) is 50.7 Å². The van der Waals surface area contributed by atoms with Gasteiger partial charge < -0.3 is 10.0 Å². The second-order valence-corrected chi connectivity index (χ2v) is 5.37. The lowest BCUT2D eigenvalue weighted by Crippen LogP contribution is -2.47. The van der Waals surface area contributed by atoms with Gasteiger partial charge in [-0.15, -0.1) is 0 Å². The fourth-order valence-electron chi connectivity index (χ4n) is 3.39. The molecule has 2 fully saturated rings. The van der Waals surface area contributed by atoms with E-state index in [0.717, 1.165) is 18.3 Å². The van der Waals surface area contributed by atoms with Crippen LogP contribution in [0.5, 0.6) is 0 Å². The quantitative estimate of drug-likeness (QED) is 0.694. The van der Waals surface area contributed by atoms with Crippen LogP contribution in [0.1, 0.15) is 38.5 Å². The van der Waals surface area contributed by atoms with Crippen molar-refractivity contribution in [2.75, 3.05) is 14.1 Å². The van der Waals surface area contributed by atoms with Gasteiger partial charge >= 0.3 is 0 Å². The molecule has 82 valence electrons. The molecule has 0 aromatic carbocycles. The van der Waals surface area contributed by atoms with Gasteiger partial charge in [0.1, 0.15) is 0 Å². The van der Waals surface area contributed by atoms with Crippen molar-refractivity contribution in [3.05, 3.63) is 0 Å². The molecule has 2 saturated carbocycles. The molecule has 2 nitrogen and oxygen atoms in total. The first kappa shape index (κ1) is 10.4. The molecule has 0 saturated heterocycles. The minimum absolute atomic E-state index is 0.0793. The summed E-state index contributed by atoms with van der Waals surface area (Å²) in [5.74, 6) is 1.73. The monoisotopic (exact) mass is 197 g/mol. The van der Waals surface area contributed by atoms with Gasteiger partial charge in [0.2, 0.25) is 0 Å². The number of hydrogen-bond donors (Lipinski definition) is 1. The maximum Gasteiger partial charge on any atom is 0.0698 e. The summed E-state index contributed by atoms with van der Waals surface area (Å²) >= 11 is 0. The summed E-state index contributed by atoms with van der Waals surface area (Å²) in [6, 6.07) is 0.411. The molecule has 2 aliphatic carbocycles. The van der Waals surface area contributed by atoms with Crippen molar-refractivity contribution in [1.82, 2.24) is 4.90 Å². The summed E-state index contributed by atoms with van der Waals surface area (Å²) in [7, 11) is 4.19. The molecule has 4 atom stereocenters. The van der Waals surface area contributed by atoms with Crippen molar-refractivity contribution in [3.8, 4) is 0 Å². The zero-order chi connectivity index (χ0) is 10.1. The number of fused-ring (bicyclic) bond motifs is 1. The van der Waals surface area contributed by atoms with Crippen molar-refractivity contribution in [3.63, 3.8) is 0 Å². The lowest BCUT2D eigenvalue weighted by molar-refractivity contribution is -0.0157. The highest BCUT2D eigenvalue weighted by Crippen LogP contribution is 2.41. The molecule has 0 spiro atoms. The fourth-order valence-corrected chi connectivity index (χ4v) is 3.39. The third kappa shape index (κ3) is 1.96. The van der Waals surface area contributed by atoms with E-state index < -0.39 is 0 Å². The van der Waals surface area contributed by atoms with Gasteiger partial charge in [-0.3, -0.25) is 0 Å². The molecule has 0 unspecified atom stereocenters. The van der Waals surface area contributed by atoms with E-state index >= 15 is 0 Å². The summed E-state index contributed by atoms with van der Waals surface area (Å²) in [5.41, 5.74) is 0. The molecular weight excluding hydrogens is 174 g/mol. The highest BCUT2D eigenvalue weighted by atomic mass is 16.3. The summed E-state index contributed by atoms with van der Waals surface area (Å²) in [6.07, 6.45) is 7.76. The highest BCUT2D eigenvalue weighted by molar-refractivity contribution is 4.91. The van der Waals surface area contributed by atoms with Gasteiger partial charge in [-0.2, -0.15) is 0 Å². The van der Waals surface area contributed by atoms with Crippen molar-refractivity contribution < 1.29 is 5.11 Å². The number of aliphatic hydroxyl groups excluding tert-OH is 1. The molecule has 1 N–H and O–H groups in total. The smallest absolute Gasteiger partial charge is 0.0698 e. The van der Waals surface area contributed by atoms with Crippen LogP contribution in [0, 0.1) is 11.8 Å². The maximum absolute atomic E-state index is 10.0. The minimum Gasteiger partial charge on any atom is -0.391 e. The Kier molecular flexibility index (Phi) is 3.13. The molecule has 0 radical (unpaired) electrons. The van der Waals surface area contributed by atoms with Crippen LogP contribution in [0.25, 0.3) is 0 Å². The molecular formula is C12H23NO. The van der Waals surface area contributed by atoms with Crippen LogP contribution >= 0.6 is 0 Å². The molecule has 2 rings (SSSR count). The van der Waals surface area contributed by atoms with Crippen LogP contribution in [0.4, 0.5) is 0 Å². The number of nitrogens with zero attached hydrogens (tertiary/aromatic N) is 1. The molecule has 0 aliphatic heterocycles. The number of rotatable bonds is 1. The van der Waals surface area contributed by atoms with E-state index in [-0.39, 0.29) is 6.10 Å². The third-order valence-corrected chi connectivity index (χ3v) is 4.26. The van der Waals surface area contributed by atoms with E-state index in [2.05, 4.69) is 19.0 Å². The summed E-state index contributed by atoms with van der Waals surface area (Å²) < 4.78 is 0. The second-order valence-electron chi connectivity index (χ2n) is 5.37. The lowest BCUT2D eigenvalue weighted by Gasteiger charge is -2.44. The normalized spacial score (nSPS) is 43.7. The van der Waals surface area contributed by atoms with Crippen LogP contribution in [0.2, 0.25) is 0 Å². The zero-order valence-corrected chi connectivity index (χ0v) is 9.45. The standard InChI is InChI=1S/C12H23NO/c1-13(2)11-7-9-5-3-4-6-10(9)8-12(11)14/h9-12,14H,3-8H2,1-2H3/t9-,10-,11-,12-/m1/s1. The number of aliphatic hydroxyl groups is 1. The van der Waals surface area contributed by atoms with E-state index in [1.54, 1.807) is 0 Å². The number of likely N-dealkylation sites (N-methyl/N-ethyl adjacent to an activating group) is 1. The summed E-state index contributed by atoms with van der Waals surface area (Å²) in [6.45, 7) is 0. The van der Waals surface area contributed by atoms with Crippen molar-refractivity contribution >= 4 is 0 Å². The molecule has 0 aromatic heterocycles. The Labute approximate surface area is 87.3 Å². The van der Waals surface area contributed by atoms with Gasteiger partial charge in [0, 0.05) is 6.04 Å². The van der Waals surface area contributed by atoms with Crippen molar-refractivity contribution in [2.24, 2.45) is 11.8 Å². The van der Waals surface area contributed by atoms with Crippen LogP contribution in [0.15, 0.2) is 0 Å². The first-order valence-electron chi connectivity index (χ1n) is 6.03. The van der Waals surface area contributed by atoms with Gasteiger partial charge in [-0.05, 0) is 38.8 Å². The molecule has 0 heterocycles. The minimum atomic E-state index is -0.0793. The Balaban J connectivity index is 1.99. The summed E-state index contributed by atoms with van der Waals surface area (Å²) in [4.78, 5) is 2.20. The molecule has 0 bridgehead atoms. The van der Waals surface area contributed by atoms with Crippen LogP contribution in [-0.2, 0) is 0 Å². The van der Waals surface area contributed by atoms with Crippen LogP contribution in [-0.4, -0.2) is 36.2 Å². The van der Waals surface area contributed by atoms with Gasteiger partial charge in [-0.25, -0.2) is 0 Å². The van der Waals surface area contributed by atoms with E-state index in [1.165, 1.54) is 32.1 Å². The van der Waals surface area contributed by atoms with Crippen LogP contribution in [0.3, 0.4) is 0 Å². The fraction of sp³-hybridized carbons (Fsp3) is 1.00. The Hall–Kier alpha value is -0.0800. The Morgan fingerprint density at radius 3 is 2.14 bits per heavy atom. The molecule has 0 amide bonds. The predicted molar refractivity (Wildman–Crippen MR) is 58.2 cm³/mol. The second kappa shape index (κ2) is 4.19. The molecule has 2 aliphatic rings. The number of hydrogen-bond acceptors (Lipinski definition) is 2. The first-order valence-corrected chi connectivity index (χ1v) is 6.03. The van der Waals surface area contributed by atoms with Gasteiger partial charge in [0.05, 0.1) is 6.10 Å². The van der Waals surface area contributed by atoms with Gasteiger partial charge in [0.15, 0.2) is 0 Å². The average molecular weight is 197 g/mol. The average Bonchev–Trinajstić information content (AvgIpc) is 2.16. The van der Waals surface area contributed by atoms with Gasteiger partial charge in [0.25, 0.3) is 0 Å². The predicted octanol–water partition coefficient (Wildman–Crippen LogP) is 1.88. The Bertz CT molecular complexity index is 193. The Morgan fingerprint density at radius 2 is 1.57 bits per heavy atom. The maximum atomic E-state index is 10.0. The lowest BCUT2D eigenvalue weighted by atomic mass is 9.68. The SMILES string of the molecule is CN(C)[C@@H]1C[C@H]2CCCC[C@@H]2C[C@H]1O. The largest absolute Gasteiger partial charge is 0.391 e. The molecule has 2 heteroatoms. The third-order valence-electron chi connectivity index (χ3n) is 4.26. The van der Waals surface area contributed by atoms with Crippen molar-refractivity contribution in [1.29, 1.82) is 0 Å². The summed E-state index contributed by atoms with van der Waals surface area (Å²) in [5, 5.41) is 10.0. The zero-order valence-electron chi connectivity index (χ0n) is 9.45. The Morgan fingerprint density at radius 1 is 1.00 bits per heavy atom. The first-order chi connectivity index (χ1) is 6.68. The topological polar surface area (TPSA) is 23.5 Å². The van der Waals surface area contributed by atoms with E-state index in [0.29, 0.717) is 6.04 Å². The van der Waals surface area contributed by atoms with E-state index in [4.69, 9.17) is 0 Å². The van der Waals surface area contributed by atoms with Gasteiger partial charge in [-0.1, -0.05) is 25.7 Å². The van der Waals surface area contributed by atoms with Crippen LogP contribution < -0.4 is 0 Å².